The molecular formula is C22H23NO4. The average Bonchev–Trinajstić information content (AvgIpc) is 2.71. The van der Waals surface area contributed by atoms with Gasteiger partial charge in [-0.25, -0.2) is 0 Å². The first-order valence-electron chi connectivity index (χ1n) is 9.33. The third kappa shape index (κ3) is 3.02. The molecule has 140 valence electrons. The van der Waals surface area contributed by atoms with E-state index in [-0.39, 0.29) is 11.6 Å². The van der Waals surface area contributed by atoms with Gasteiger partial charge >= 0.3 is 0 Å². The summed E-state index contributed by atoms with van der Waals surface area (Å²) in [5, 5.41) is 0. The smallest absolute Gasteiger partial charge is 0.201 e. The van der Waals surface area contributed by atoms with Crippen molar-refractivity contribution >= 4 is 11.6 Å². The largest absolute Gasteiger partial charge is 0.496 e. The highest BCUT2D eigenvalue weighted by Gasteiger charge is 2.35. The summed E-state index contributed by atoms with van der Waals surface area (Å²) in [7, 11) is 3.04. The van der Waals surface area contributed by atoms with E-state index in [1.165, 1.54) is 33.5 Å². The monoisotopic (exact) mass is 365 g/mol. The Morgan fingerprint density at radius 1 is 0.852 bits per heavy atom. The van der Waals surface area contributed by atoms with Crippen LogP contribution in [0.25, 0.3) is 0 Å². The van der Waals surface area contributed by atoms with E-state index in [2.05, 4.69) is 4.90 Å². The van der Waals surface area contributed by atoms with E-state index >= 15 is 0 Å². The van der Waals surface area contributed by atoms with Crippen LogP contribution in [-0.4, -0.2) is 43.8 Å². The molecule has 4 rings (SSSR count). The van der Waals surface area contributed by atoms with Crippen molar-refractivity contribution in [2.75, 3.05) is 27.3 Å². The molecule has 0 atom stereocenters. The first-order chi connectivity index (χ1) is 13.1. The van der Waals surface area contributed by atoms with Crippen molar-refractivity contribution in [3.05, 3.63) is 58.1 Å². The maximum atomic E-state index is 13.2. The lowest BCUT2D eigenvalue weighted by atomic mass is 9.82. The first kappa shape index (κ1) is 17.7. The van der Waals surface area contributed by atoms with Gasteiger partial charge in [0.1, 0.15) is 11.5 Å². The van der Waals surface area contributed by atoms with E-state index in [1.54, 1.807) is 18.2 Å². The molecular weight excluding hydrogens is 342 g/mol. The number of rotatable bonds is 4. The van der Waals surface area contributed by atoms with Crippen LogP contribution in [0, 0.1) is 0 Å². The molecule has 5 heteroatoms. The number of hydrogen-bond acceptors (Lipinski definition) is 5. The Kier molecular flexibility index (Phi) is 4.70. The van der Waals surface area contributed by atoms with Crippen molar-refractivity contribution in [2.45, 2.75) is 25.8 Å². The lowest BCUT2D eigenvalue weighted by Gasteiger charge is -2.27. The van der Waals surface area contributed by atoms with Crippen LogP contribution in [0.4, 0.5) is 0 Å². The molecule has 0 saturated carbocycles. The van der Waals surface area contributed by atoms with Crippen LogP contribution < -0.4 is 9.47 Å². The molecule has 1 aliphatic carbocycles. The highest BCUT2D eigenvalue weighted by atomic mass is 16.5. The minimum absolute atomic E-state index is 0.155. The predicted octanol–water partition coefficient (Wildman–Crippen LogP) is 3.47. The van der Waals surface area contributed by atoms with Crippen LogP contribution in [0.1, 0.15) is 56.7 Å². The van der Waals surface area contributed by atoms with Gasteiger partial charge in [-0.05, 0) is 49.7 Å². The number of piperidine rings is 1. The van der Waals surface area contributed by atoms with Crippen molar-refractivity contribution in [2.24, 2.45) is 0 Å². The highest BCUT2D eigenvalue weighted by Crippen LogP contribution is 2.38. The zero-order chi connectivity index (χ0) is 19.0. The lowest BCUT2D eigenvalue weighted by molar-refractivity contribution is 0.0973. The number of nitrogens with zero attached hydrogens (tertiary/aromatic N) is 1. The van der Waals surface area contributed by atoms with Crippen LogP contribution in [0.3, 0.4) is 0 Å². The second kappa shape index (κ2) is 7.16. The van der Waals surface area contributed by atoms with Crippen molar-refractivity contribution in [3.8, 4) is 11.5 Å². The zero-order valence-electron chi connectivity index (χ0n) is 15.7. The Balaban J connectivity index is 1.80. The van der Waals surface area contributed by atoms with E-state index in [0.717, 1.165) is 25.2 Å². The summed E-state index contributed by atoms with van der Waals surface area (Å²) >= 11 is 0. The third-order valence-electron chi connectivity index (χ3n) is 5.43. The third-order valence-corrected chi connectivity index (χ3v) is 5.43. The van der Waals surface area contributed by atoms with Crippen LogP contribution in [0.5, 0.6) is 11.5 Å². The van der Waals surface area contributed by atoms with Gasteiger partial charge < -0.3 is 9.47 Å². The summed E-state index contributed by atoms with van der Waals surface area (Å²) in [5.41, 5.74) is 2.47. The summed E-state index contributed by atoms with van der Waals surface area (Å²) in [6.45, 7) is 2.88. The summed E-state index contributed by atoms with van der Waals surface area (Å²) in [6, 6.07) is 8.87. The molecule has 0 N–H and O–H groups in total. The molecule has 1 aliphatic heterocycles. The normalized spacial score (nSPS) is 16.7. The molecule has 0 unspecified atom stereocenters. The highest BCUT2D eigenvalue weighted by molar-refractivity contribution is 6.30. The fourth-order valence-corrected chi connectivity index (χ4v) is 4.11. The average molecular weight is 365 g/mol. The molecule has 0 aromatic heterocycles. The van der Waals surface area contributed by atoms with Crippen LogP contribution in [-0.2, 0) is 6.54 Å². The zero-order valence-corrected chi connectivity index (χ0v) is 15.7. The number of likely N-dealkylation sites (tertiary alicyclic amines) is 1. The quantitative estimate of drug-likeness (QED) is 0.709. The molecule has 0 amide bonds. The molecule has 0 radical (unpaired) electrons. The molecule has 1 saturated heterocycles. The SMILES string of the molecule is COc1cccc2c1C(=O)c1c(OC)cc(CN3CCCCC3)cc1C2=O. The van der Waals surface area contributed by atoms with Gasteiger partial charge in [-0.15, -0.1) is 0 Å². The number of ether oxygens (including phenoxy) is 2. The van der Waals surface area contributed by atoms with Crippen LogP contribution in [0.15, 0.2) is 30.3 Å². The maximum Gasteiger partial charge on any atom is 0.201 e. The molecule has 2 aromatic carbocycles. The number of carbonyl (C=O) groups excluding carboxylic acids is 2. The Bertz CT molecular complexity index is 913. The minimum Gasteiger partial charge on any atom is -0.496 e. The van der Waals surface area contributed by atoms with E-state index in [0.29, 0.717) is 33.8 Å². The molecule has 0 spiro atoms. The van der Waals surface area contributed by atoms with Gasteiger partial charge in [0, 0.05) is 17.7 Å². The van der Waals surface area contributed by atoms with Crippen LogP contribution >= 0.6 is 0 Å². The molecule has 27 heavy (non-hydrogen) atoms. The van der Waals surface area contributed by atoms with Crippen molar-refractivity contribution in [1.29, 1.82) is 0 Å². The number of benzene rings is 2. The Morgan fingerprint density at radius 3 is 2.26 bits per heavy atom. The molecule has 2 aliphatic rings. The number of carbonyl (C=O) groups is 2. The molecule has 0 bridgehead atoms. The van der Waals surface area contributed by atoms with Gasteiger partial charge in [0.25, 0.3) is 0 Å². The van der Waals surface area contributed by atoms with Crippen LogP contribution in [0.2, 0.25) is 0 Å². The Labute approximate surface area is 158 Å². The molecule has 1 heterocycles. The van der Waals surface area contributed by atoms with Gasteiger partial charge in [0.2, 0.25) is 5.78 Å². The van der Waals surface area contributed by atoms with Crippen molar-refractivity contribution in [1.82, 2.24) is 4.90 Å². The van der Waals surface area contributed by atoms with Crippen molar-refractivity contribution in [3.63, 3.8) is 0 Å². The Morgan fingerprint density at radius 2 is 1.56 bits per heavy atom. The second-order valence-corrected chi connectivity index (χ2v) is 7.10. The maximum absolute atomic E-state index is 13.2. The topological polar surface area (TPSA) is 55.8 Å². The lowest BCUT2D eigenvalue weighted by Crippen LogP contribution is -2.29. The predicted molar refractivity (Wildman–Crippen MR) is 102 cm³/mol. The van der Waals surface area contributed by atoms with Gasteiger partial charge in [0.15, 0.2) is 5.78 Å². The van der Waals surface area contributed by atoms with E-state index in [9.17, 15) is 9.59 Å². The number of hydrogen-bond donors (Lipinski definition) is 0. The van der Waals surface area contributed by atoms with E-state index in [4.69, 9.17) is 9.47 Å². The van der Waals surface area contributed by atoms with Gasteiger partial charge in [0.05, 0.1) is 25.3 Å². The summed E-state index contributed by atoms with van der Waals surface area (Å²) in [4.78, 5) is 28.7. The van der Waals surface area contributed by atoms with Gasteiger partial charge in [-0.2, -0.15) is 0 Å². The molecule has 1 fully saturated rings. The van der Waals surface area contributed by atoms with E-state index in [1.807, 2.05) is 12.1 Å². The molecule has 2 aromatic rings. The standard InChI is InChI=1S/C22H23NO4/c1-26-17-8-6-7-15-19(17)22(25)20-16(21(15)24)11-14(12-18(20)27-2)13-23-9-4-3-5-10-23/h6-8,11-12H,3-5,9-10,13H2,1-2H3. The number of fused-ring (bicyclic) bond motifs is 2. The Hall–Kier alpha value is -2.66. The second-order valence-electron chi connectivity index (χ2n) is 7.10. The summed E-state index contributed by atoms with van der Waals surface area (Å²) in [6.07, 6.45) is 3.68. The first-order valence-corrected chi connectivity index (χ1v) is 9.33. The minimum atomic E-state index is -0.224. The fraction of sp³-hybridized carbons (Fsp3) is 0.364. The summed E-state index contributed by atoms with van der Waals surface area (Å²) < 4.78 is 10.8. The van der Waals surface area contributed by atoms with E-state index < -0.39 is 0 Å². The van der Waals surface area contributed by atoms with Crippen molar-refractivity contribution < 1.29 is 19.1 Å². The number of ketones is 2. The fourth-order valence-electron chi connectivity index (χ4n) is 4.11. The number of methoxy groups -OCH3 is 2. The van der Waals surface area contributed by atoms with Gasteiger partial charge in [-0.3, -0.25) is 14.5 Å². The molecule has 5 nitrogen and oxygen atoms in total. The summed E-state index contributed by atoms with van der Waals surface area (Å²) in [5.74, 6) is 0.487. The van der Waals surface area contributed by atoms with Gasteiger partial charge in [-0.1, -0.05) is 18.6 Å².